The van der Waals surface area contributed by atoms with Crippen LogP contribution in [0.1, 0.15) is 39.0 Å². The number of methoxy groups -OCH3 is 1. The third kappa shape index (κ3) is 6.86. The summed E-state index contributed by atoms with van der Waals surface area (Å²) < 4.78 is 144. The SMILES string of the molecule is COCc1cc(C(F)(C(F)(F)F)C(F)(F)C(F)(F)F)cc(C)c1NC(=O)c1ccc(C#N)c(NC(=O)OCCCF)c1. The molecule has 0 spiro atoms. The number of carbonyl (C=O) groups excluding carboxylic acids is 2. The smallest absolute Gasteiger partial charge is 0.449 e. The van der Waals surface area contributed by atoms with Crippen molar-refractivity contribution >= 4 is 23.4 Å². The molecular formula is C25H21F10N3O4. The Morgan fingerprint density at radius 2 is 1.60 bits per heavy atom. The van der Waals surface area contributed by atoms with Crippen LogP contribution in [0.25, 0.3) is 0 Å². The molecule has 2 aromatic rings. The Morgan fingerprint density at radius 1 is 0.952 bits per heavy atom. The van der Waals surface area contributed by atoms with Gasteiger partial charge in [0.2, 0.25) is 0 Å². The predicted octanol–water partition coefficient (Wildman–Crippen LogP) is 7.10. The second-order valence-corrected chi connectivity index (χ2v) is 8.62. The molecule has 17 heteroatoms. The van der Waals surface area contributed by atoms with Crippen LogP contribution in [0.3, 0.4) is 0 Å². The van der Waals surface area contributed by atoms with Crippen LogP contribution in [0.15, 0.2) is 30.3 Å². The molecule has 1 atom stereocenters. The van der Waals surface area contributed by atoms with E-state index >= 15 is 4.39 Å². The van der Waals surface area contributed by atoms with Crippen LogP contribution in [0.2, 0.25) is 0 Å². The van der Waals surface area contributed by atoms with Gasteiger partial charge in [-0.3, -0.25) is 14.5 Å². The molecule has 2 amide bonds. The average molecular weight is 617 g/mol. The van der Waals surface area contributed by atoms with E-state index in [0.717, 1.165) is 32.2 Å². The van der Waals surface area contributed by atoms with E-state index in [4.69, 9.17) is 9.47 Å². The van der Waals surface area contributed by atoms with E-state index in [-0.39, 0.29) is 42.0 Å². The van der Waals surface area contributed by atoms with Gasteiger partial charge in [0.1, 0.15) is 6.07 Å². The molecule has 0 aromatic heterocycles. The first kappa shape index (κ1) is 34.1. The van der Waals surface area contributed by atoms with Gasteiger partial charge in [0.25, 0.3) is 5.91 Å². The fourth-order valence-corrected chi connectivity index (χ4v) is 3.66. The fraction of sp³-hybridized carbons (Fsp3) is 0.400. The lowest BCUT2D eigenvalue weighted by atomic mass is 9.85. The van der Waals surface area contributed by atoms with Crippen molar-refractivity contribution in [1.82, 2.24) is 0 Å². The van der Waals surface area contributed by atoms with E-state index in [1.54, 1.807) is 6.07 Å². The normalized spacial score (nSPS) is 13.6. The highest BCUT2D eigenvalue weighted by atomic mass is 19.4. The summed E-state index contributed by atoms with van der Waals surface area (Å²) >= 11 is 0. The van der Waals surface area contributed by atoms with Gasteiger partial charge in [0.05, 0.1) is 31.1 Å². The molecule has 0 heterocycles. The van der Waals surface area contributed by atoms with E-state index in [2.05, 4.69) is 10.6 Å². The summed E-state index contributed by atoms with van der Waals surface area (Å²) in [6.45, 7) is -0.919. The molecule has 1 unspecified atom stereocenters. The number of aryl methyl sites for hydroxylation is 1. The van der Waals surface area contributed by atoms with Gasteiger partial charge < -0.3 is 14.8 Å². The minimum absolute atomic E-state index is 0.0679. The number of amides is 2. The first-order valence-electron chi connectivity index (χ1n) is 11.5. The lowest BCUT2D eigenvalue weighted by molar-refractivity contribution is -0.389. The van der Waals surface area contributed by atoms with Gasteiger partial charge in [-0.25, -0.2) is 9.18 Å². The van der Waals surface area contributed by atoms with E-state index in [0.29, 0.717) is 0 Å². The van der Waals surface area contributed by atoms with Gasteiger partial charge in [-0.15, -0.1) is 0 Å². The van der Waals surface area contributed by atoms with Crippen molar-refractivity contribution < 1.29 is 63.0 Å². The number of benzene rings is 2. The number of nitriles is 1. The number of halogens is 10. The first-order chi connectivity index (χ1) is 19.3. The molecule has 0 aliphatic carbocycles. The molecule has 2 N–H and O–H groups in total. The number of hydrogen-bond donors (Lipinski definition) is 2. The van der Waals surface area contributed by atoms with Crippen molar-refractivity contribution in [2.75, 3.05) is 31.0 Å². The Labute approximate surface area is 231 Å². The second-order valence-electron chi connectivity index (χ2n) is 8.62. The predicted molar refractivity (Wildman–Crippen MR) is 126 cm³/mol. The quantitative estimate of drug-likeness (QED) is 0.219. The molecule has 2 aromatic carbocycles. The lowest BCUT2D eigenvalue weighted by Crippen LogP contribution is -2.59. The molecule has 0 radical (unpaired) electrons. The fourth-order valence-electron chi connectivity index (χ4n) is 3.66. The molecule has 0 saturated heterocycles. The molecule has 7 nitrogen and oxygen atoms in total. The monoisotopic (exact) mass is 617 g/mol. The highest BCUT2D eigenvalue weighted by Crippen LogP contribution is 2.58. The molecule has 0 aliphatic rings. The summed E-state index contributed by atoms with van der Waals surface area (Å²) in [6.07, 6.45) is -14.9. The average Bonchev–Trinajstić information content (AvgIpc) is 2.88. The van der Waals surface area contributed by atoms with Crippen LogP contribution in [-0.2, 0) is 21.7 Å². The number of nitrogens with zero attached hydrogens (tertiary/aromatic N) is 1. The Hall–Kier alpha value is -4.07. The van der Waals surface area contributed by atoms with E-state index < -0.39 is 71.6 Å². The van der Waals surface area contributed by atoms with Crippen molar-refractivity contribution in [2.45, 2.75) is 43.9 Å². The van der Waals surface area contributed by atoms with E-state index in [1.165, 1.54) is 0 Å². The standard InChI is InChI=1S/C25H21F10N3O4/c1-13-8-17(22(27,24(30,31)32)23(28,29)25(33,34)35)9-16(12-41-2)19(13)38-20(39)14-4-5-15(11-36)18(10-14)37-21(40)42-7-3-6-26/h4-5,8-10H,3,6-7,12H2,1-2H3,(H,37,40)(H,38,39). The third-order valence-electron chi connectivity index (χ3n) is 5.68. The summed E-state index contributed by atoms with van der Waals surface area (Å²) in [5, 5.41) is 13.7. The molecule has 230 valence electrons. The minimum Gasteiger partial charge on any atom is -0.449 e. The van der Waals surface area contributed by atoms with Crippen LogP contribution in [0, 0.1) is 18.3 Å². The lowest BCUT2D eigenvalue weighted by Gasteiger charge is -2.36. The molecule has 0 fully saturated rings. The van der Waals surface area contributed by atoms with Crippen molar-refractivity contribution in [1.29, 1.82) is 5.26 Å². The highest BCUT2D eigenvalue weighted by molar-refractivity contribution is 6.06. The molecule has 42 heavy (non-hydrogen) atoms. The van der Waals surface area contributed by atoms with E-state index in [1.807, 2.05) is 0 Å². The molecule has 0 saturated carbocycles. The Kier molecular flexibility index (Phi) is 10.4. The van der Waals surface area contributed by atoms with Gasteiger partial charge in [-0.1, -0.05) is 6.07 Å². The maximum absolute atomic E-state index is 15.1. The zero-order valence-corrected chi connectivity index (χ0v) is 21.6. The number of ether oxygens (including phenoxy) is 2. The van der Waals surface area contributed by atoms with Crippen LogP contribution >= 0.6 is 0 Å². The third-order valence-corrected chi connectivity index (χ3v) is 5.68. The largest absolute Gasteiger partial charge is 0.457 e. The van der Waals surface area contributed by atoms with Crippen molar-refractivity contribution in [3.05, 3.63) is 58.1 Å². The van der Waals surface area contributed by atoms with Gasteiger partial charge in [-0.05, 0) is 36.8 Å². The Morgan fingerprint density at radius 3 is 2.12 bits per heavy atom. The van der Waals surface area contributed by atoms with Crippen molar-refractivity contribution in [3.8, 4) is 6.07 Å². The second kappa shape index (κ2) is 12.8. The zero-order chi connectivity index (χ0) is 32.1. The minimum atomic E-state index is -6.93. The highest BCUT2D eigenvalue weighted by Gasteiger charge is 2.81. The molecule has 0 aliphatic heterocycles. The van der Waals surface area contributed by atoms with Crippen LogP contribution in [-0.4, -0.2) is 50.7 Å². The van der Waals surface area contributed by atoms with Gasteiger partial charge in [-0.2, -0.15) is 40.4 Å². The number of rotatable bonds is 10. The molecule has 2 rings (SSSR count). The van der Waals surface area contributed by atoms with Crippen molar-refractivity contribution in [2.24, 2.45) is 0 Å². The number of hydrogen-bond acceptors (Lipinski definition) is 5. The molecule has 0 bridgehead atoms. The number of carbonyl (C=O) groups is 2. The molecular weight excluding hydrogens is 596 g/mol. The Bertz CT molecular complexity index is 1360. The first-order valence-corrected chi connectivity index (χ1v) is 11.5. The number of alkyl halides is 10. The topological polar surface area (TPSA) is 100 Å². The zero-order valence-electron chi connectivity index (χ0n) is 21.6. The Balaban J connectivity index is 2.55. The maximum Gasteiger partial charge on any atom is 0.457 e. The number of anilines is 2. The summed E-state index contributed by atoms with van der Waals surface area (Å²) in [6, 6.07) is 5.06. The van der Waals surface area contributed by atoms with E-state index in [9.17, 15) is 54.4 Å². The number of nitrogens with one attached hydrogen (secondary N) is 2. The summed E-state index contributed by atoms with van der Waals surface area (Å²) in [5.41, 5.74) is -10.5. The summed E-state index contributed by atoms with van der Waals surface area (Å²) in [4.78, 5) is 24.9. The van der Waals surface area contributed by atoms with Gasteiger partial charge >= 0.3 is 30.0 Å². The van der Waals surface area contributed by atoms with Crippen LogP contribution in [0.4, 0.5) is 60.1 Å². The summed E-state index contributed by atoms with van der Waals surface area (Å²) in [7, 11) is 0.982. The van der Waals surface area contributed by atoms with Crippen molar-refractivity contribution in [3.63, 3.8) is 0 Å². The van der Waals surface area contributed by atoms with Crippen LogP contribution < -0.4 is 10.6 Å². The van der Waals surface area contributed by atoms with Gasteiger partial charge in [0, 0.05) is 35.9 Å². The van der Waals surface area contributed by atoms with Gasteiger partial charge in [0.15, 0.2) is 0 Å². The summed E-state index contributed by atoms with van der Waals surface area (Å²) in [5.74, 6) is -7.96. The van der Waals surface area contributed by atoms with Crippen LogP contribution in [0.5, 0.6) is 0 Å². The maximum atomic E-state index is 15.1.